The fourth-order valence-corrected chi connectivity index (χ4v) is 5.93. The number of rotatable bonds is 12. The molecule has 10 nitrogen and oxygen atoms in total. The predicted octanol–water partition coefficient (Wildman–Crippen LogP) is 4.95. The highest BCUT2D eigenvalue weighted by Gasteiger charge is 2.29. The Labute approximate surface area is 214 Å². The molecule has 0 amide bonds. The van der Waals surface area contributed by atoms with Crippen molar-refractivity contribution in [2.24, 2.45) is 0 Å². The molecule has 1 aliphatic heterocycles. The molecule has 1 aromatic carbocycles. The second-order valence-corrected chi connectivity index (χ2v) is 11.7. The lowest BCUT2D eigenvalue weighted by molar-refractivity contribution is -0.138. The summed E-state index contributed by atoms with van der Waals surface area (Å²) in [6.45, 7) is 6.95. The molecule has 1 aliphatic rings. The van der Waals surface area contributed by atoms with Crippen LogP contribution < -0.4 is 15.0 Å². The van der Waals surface area contributed by atoms with Crippen molar-refractivity contribution in [3.8, 4) is 6.01 Å². The number of methoxy groups -OCH3 is 1. The van der Waals surface area contributed by atoms with Crippen molar-refractivity contribution in [3.05, 3.63) is 36.2 Å². The van der Waals surface area contributed by atoms with E-state index in [9.17, 15) is 19.0 Å². The van der Waals surface area contributed by atoms with Gasteiger partial charge in [-0.2, -0.15) is 10.6 Å². The second kappa shape index (κ2) is 12.6. The van der Waals surface area contributed by atoms with Crippen LogP contribution in [-0.2, 0) is 9.53 Å². The Kier molecular flexibility index (Phi) is 9.77. The van der Waals surface area contributed by atoms with E-state index in [4.69, 9.17) is 9.47 Å². The Morgan fingerprint density at radius 1 is 1.22 bits per heavy atom. The normalized spacial score (nSPS) is 17.4. The van der Waals surface area contributed by atoms with Crippen molar-refractivity contribution in [2.45, 2.75) is 58.1 Å². The number of anilines is 3. The van der Waals surface area contributed by atoms with E-state index in [1.54, 1.807) is 12.4 Å². The van der Waals surface area contributed by atoms with Gasteiger partial charge in [0, 0.05) is 30.0 Å². The summed E-state index contributed by atoms with van der Waals surface area (Å²) < 4.78 is 31.0. The Morgan fingerprint density at radius 3 is 2.44 bits per heavy atom. The number of benzene rings is 1. The van der Waals surface area contributed by atoms with Crippen LogP contribution in [-0.4, -0.2) is 74.1 Å². The maximum Gasteiger partial charge on any atom is 0.316 e. The van der Waals surface area contributed by atoms with E-state index in [-0.39, 0.29) is 30.5 Å². The fourth-order valence-electron chi connectivity index (χ4n) is 4.43. The van der Waals surface area contributed by atoms with Crippen LogP contribution in [0.1, 0.15) is 51.5 Å². The Hall–Kier alpha value is -2.60. The van der Waals surface area contributed by atoms with Crippen LogP contribution in [0.3, 0.4) is 0 Å². The minimum Gasteiger partial charge on any atom is -0.481 e. The molecule has 0 bridgehead atoms. The summed E-state index contributed by atoms with van der Waals surface area (Å²) in [5, 5.41) is 12.9. The highest BCUT2D eigenvalue weighted by molar-refractivity contribution is 8.24. The summed E-state index contributed by atoms with van der Waals surface area (Å²) in [6, 6.07) is 6.35. The van der Waals surface area contributed by atoms with E-state index in [0.717, 1.165) is 23.5 Å². The molecule has 0 saturated carbocycles. The van der Waals surface area contributed by atoms with Crippen molar-refractivity contribution in [1.29, 1.82) is 0 Å². The van der Waals surface area contributed by atoms with Gasteiger partial charge >= 0.3 is 12.0 Å². The van der Waals surface area contributed by atoms with Gasteiger partial charge in [-0.15, -0.1) is 0 Å². The van der Waals surface area contributed by atoms with Gasteiger partial charge in [0.05, 0.1) is 55.7 Å². The minimum absolute atomic E-state index is 0.0104. The average molecular weight is 523 g/mol. The molecular weight excluding hydrogens is 484 g/mol. The molecule has 1 unspecified atom stereocenters. The number of aliphatic carboxylic acids is 1. The van der Waals surface area contributed by atoms with Gasteiger partial charge in [-0.05, 0) is 51.3 Å². The third-order valence-electron chi connectivity index (χ3n) is 6.28. The van der Waals surface area contributed by atoms with Crippen LogP contribution in [0.25, 0.3) is 0 Å². The smallest absolute Gasteiger partial charge is 0.316 e. The zero-order chi connectivity index (χ0) is 26.3. The lowest BCUT2D eigenvalue weighted by Crippen LogP contribution is -2.40. The van der Waals surface area contributed by atoms with E-state index in [1.165, 1.54) is 7.11 Å². The minimum atomic E-state index is -2.49. The number of carboxylic acid groups (broad SMARTS) is 1. The third kappa shape index (κ3) is 7.70. The largest absolute Gasteiger partial charge is 0.481 e. The first kappa shape index (κ1) is 28.0. The summed E-state index contributed by atoms with van der Waals surface area (Å²) in [7, 11) is -0.984. The zero-order valence-corrected chi connectivity index (χ0v) is 22.2. The number of nitrogens with zero attached hydrogens (tertiary/aromatic N) is 3. The molecule has 1 saturated heterocycles. The fraction of sp³-hybridized carbons (Fsp3) is 0.560. The summed E-state index contributed by atoms with van der Waals surface area (Å²) in [6.07, 6.45) is 4.58. The van der Waals surface area contributed by atoms with Crippen molar-refractivity contribution >= 4 is 33.6 Å². The molecule has 2 heterocycles. The third-order valence-corrected chi connectivity index (χ3v) is 8.06. The number of hydrogen-bond donors (Lipinski definition) is 4. The lowest BCUT2D eigenvalue weighted by atomic mass is 9.95. The van der Waals surface area contributed by atoms with Gasteiger partial charge in [0.25, 0.3) is 0 Å². The first-order chi connectivity index (χ1) is 17.1. The standard InChI is InChI=1S/C25H38N4O6S/c1-5-29(21-8-10-36(32,33)11-9-21)23-7-6-18(19(13-24(30)31)16-35-17(2)3)12-22(23)28-20-14-26-25(34-4)27-15-20/h6-7,12,14-15,17,19,21,28,32-33H,5,8-11,13,16H2,1-4H3,(H,30,31). The highest BCUT2D eigenvalue weighted by Crippen LogP contribution is 2.46. The van der Waals surface area contributed by atoms with Gasteiger partial charge in [-0.1, -0.05) is 6.07 Å². The topological polar surface area (TPSA) is 137 Å². The van der Waals surface area contributed by atoms with Gasteiger partial charge in [0.15, 0.2) is 0 Å². The van der Waals surface area contributed by atoms with E-state index < -0.39 is 16.6 Å². The molecule has 36 heavy (non-hydrogen) atoms. The Bertz CT molecular complexity index is 995. The Morgan fingerprint density at radius 2 is 1.89 bits per heavy atom. The summed E-state index contributed by atoms with van der Waals surface area (Å²) in [4.78, 5) is 22.2. The van der Waals surface area contributed by atoms with Gasteiger partial charge < -0.3 is 24.8 Å². The second-order valence-electron chi connectivity index (χ2n) is 9.26. The van der Waals surface area contributed by atoms with Crippen molar-refractivity contribution < 1.29 is 28.5 Å². The number of carboxylic acids is 1. The van der Waals surface area contributed by atoms with Crippen LogP contribution in [0, 0.1) is 0 Å². The van der Waals surface area contributed by atoms with Crippen LogP contribution in [0.15, 0.2) is 30.6 Å². The number of carbonyl (C=O) groups is 1. The molecule has 200 valence electrons. The number of hydrogen-bond acceptors (Lipinski definition) is 9. The summed E-state index contributed by atoms with van der Waals surface area (Å²) >= 11 is 0. The molecular formula is C25H38N4O6S. The van der Waals surface area contributed by atoms with Gasteiger partial charge in [-0.3, -0.25) is 13.9 Å². The Balaban J connectivity index is 1.98. The van der Waals surface area contributed by atoms with Gasteiger partial charge in [-0.25, -0.2) is 9.97 Å². The first-order valence-corrected chi connectivity index (χ1v) is 14.1. The molecule has 3 rings (SSSR count). The quantitative estimate of drug-likeness (QED) is 0.303. The SMILES string of the molecule is CCN(c1ccc(C(COC(C)C)CC(=O)O)cc1Nc1cnc(OC)nc1)C1CCS(O)(O)CC1. The summed E-state index contributed by atoms with van der Waals surface area (Å²) in [5.74, 6) is -0.404. The van der Waals surface area contributed by atoms with Crippen LogP contribution in [0.5, 0.6) is 6.01 Å². The van der Waals surface area contributed by atoms with Crippen LogP contribution in [0.4, 0.5) is 17.1 Å². The van der Waals surface area contributed by atoms with E-state index in [0.29, 0.717) is 36.6 Å². The molecule has 2 aromatic rings. The van der Waals surface area contributed by atoms with E-state index in [2.05, 4.69) is 27.1 Å². The number of ether oxygens (including phenoxy) is 2. The molecule has 11 heteroatoms. The first-order valence-electron chi connectivity index (χ1n) is 12.2. The molecule has 1 fully saturated rings. The molecule has 0 spiro atoms. The molecule has 0 aliphatic carbocycles. The van der Waals surface area contributed by atoms with Gasteiger partial charge in [0.1, 0.15) is 0 Å². The van der Waals surface area contributed by atoms with Gasteiger partial charge in [0.2, 0.25) is 0 Å². The van der Waals surface area contributed by atoms with Crippen molar-refractivity contribution in [3.63, 3.8) is 0 Å². The lowest BCUT2D eigenvalue weighted by Gasteiger charge is -2.44. The molecule has 0 radical (unpaired) electrons. The van der Waals surface area contributed by atoms with Crippen LogP contribution in [0.2, 0.25) is 0 Å². The maximum atomic E-state index is 11.6. The molecule has 1 atom stereocenters. The monoisotopic (exact) mass is 522 g/mol. The number of nitrogens with one attached hydrogen (secondary N) is 1. The average Bonchev–Trinajstić information content (AvgIpc) is 2.84. The molecule has 4 N–H and O–H groups in total. The number of aromatic nitrogens is 2. The maximum absolute atomic E-state index is 11.6. The molecule has 1 aromatic heterocycles. The van der Waals surface area contributed by atoms with Crippen molar-refractivity contribution in [2.75, 3.05) is 42.0 Å². The van der Waals surface area contributed by atoms with E-state index >= 15 is 0 Å². The van der Waals surface area contributed by atoms with Crippen LogP contribution >= 0.6 is 10.6 Å². The zero-order valence-electron chi connectivity index (χ0n) is 21.4. The summed E-state index contributed by atoms with van der Waals surface area (Å²) in [5.41, 5.74) is 3.25. The van der Waals surface area contributed by atoms with Crippen molar-refractivity contribution in [1.82, 2.24) is 9.97 Å². The highest BCUT2D eigenvalue weighted by atomic mass is 32.3. The predicted molar refractivity (Wildman–Crippen MR) is 143 cm³/mol. The van der Waals surface area contributed by atoms with E-state index in [1.807, 2.05) is 32.0 Å².